The van der Waals surface area contributed by atoms with E-state index in [4.69, 9.17) is 4.74 Å². The van der Waals surface area contributed by atoms with Gasteiger partial charge in [-0.2, -0.15) is 0 Å². The first kappa shape index (κ1) is 19.9. The quantitative estimate of drug-likeness (QED) is 0.637. The van der Waals surface area contributed by atoms with E-state index in [1.807, 2.05) is 18.2 Å². The minimum Gasteiger partial charge on any atom is -0.383 e. The summed E-state index contributed by atoms with van der Waals surface area (Å²) in [6.07, 6.45) is 1.64. The van der Waals surface area contributed by atoms with Gasteiger partial charge >= 0.3 is 0 Å². The van der Waals surface area contributed by atoms with Crippen molar-refractivity contribution >= 4 is 32.5 Å². The van der Waals surface area contributed by atoms with E-state index in [0.29, 0.717) is 16.8 Å². The molecule has 0 fully saturated rings. The number of amides is 1. The Bertz CT molecular complexity index is 1080. The van der Waals surface area contributed by atoms with Crippen LogP contribution in [0.2, 0.25) is 0 Å². The molecule has 0 aliphatic heterocycles. The highest BCUT2D eigenvalue weighted by Gasteiger charge is 2.17. The number of sulfonamides is 1. The summed E-state index contributed by atoms with van der Waals surface area (Å²) in [4.78, 5) is 17.0. The van der Waals surface area contributed by atoms with Crippen LogP contribution in [-0.4, -0.2) is 39.1 Å². The predicted molar refractivity (Wildman–Crippen MR) is 108 cm³/mol. The Morgan fingerprint density at radius 1 is 1.11 bits per heavy atom. The summed E-state index contributed by atoms with van der Waals surface area (Å²) in [6.45, 7) is 1.99. The van der Waals surface area contributed by atoms with Crippen LogP contribution in [0.3, 0.4) is 0 Å². The predicted octanol–water partition coefficient (Wildman–Crippen LogP) is 2.80. The van der Waals surface area contributed by atoms with Gasteiger partial charge in [0.1, 0.15) is 0 Å². The van der Waals surface area contributed by atoms with E-state index in [2.05, 4.69) is 15.0 Å². The number of anilines is 1. The zero-order chi connectivity index (χ0) is 20.1. The number of benzene rings is 2. The standard InChI is InChI=1S/C20H21N3O4S/c1-14(13-27-2)23-28(25,26)17-10-8-16(9-11-17)22-20(24)18-7-3-5-15-6-4-12-21-19(15)18/h3-12,14,23H,13H2,1-2H3,(H,22,24)/t14-/m0/s1. The Hall–Kier alpha value is -2.81. The zero-order valence-corrected chi connectivity index (χ0v) is 16.4. The van der Waals surface area contributed by atoms with Gasteiger partial charge < -0.3 is 10.1 Å². The third-order valence-corrected chi connectivity index (χ3v) is 5.68. The molecule has 0 radical (unpaired) electrons. The number of para-hydroxylation sites is 1. The fourth-order valence-corrected chi connectivity index (χ4v) is 4.05. The lowest BCUT2D eigenvalue weighted by molar-refractivity contribution is 0.102. The summed E-state index contributed by atoms with van der Waals surface area (Å²) in [5.74, 6) is -0.313. The summed E-state index contributed by atoms with van der Waals surface area (Å²) in [5.41, 5.74) is 1.55. The third kappa shape index (κ3) is 4.53. The topological polar surface area (TPSA) is 97.4 Å². The van der Waals surface area contributed by atoms with E-state index in [1.54, 1.807) is 37.4 Å². The van der Waals surface area contributed by atoms with Gasteiger partial charge in [-0.1, -0.05) is 18.2 Å². The third-order valence-electron chi connectivity index (χ3n) is 4.07. The number of ether oxygens (including phenoxy) is 1. The summed E-state index contributed by atoms with van der Waals surface area (Å²) >= 11 is 0. The van der Waals surface area contributed by atoms with Crippen LogP contribution in [0.25, 0.3) is 10.9 Å². The minimum atomic E-state index is -3.66. The second kappa shape index (κ2) is 8.47. The number of rotatable bonds is 7. The van der Waals surface area contributed by atoms with Gasteiger partial charge in [0.15, 0.2) is 0 Å². The highest BCUT2D eigenvalue weighted by atomic mass is 32.2. The highest BCUT2D eigenvalue weighted by molar-refractivity contribution is 7.89. The average Bonchev–Trinajstić information content (AvgIpc) is 2.67. The van der Waals surface area contributed by atoms with Crippen LogP contribution in [0.5, 0.6) is 0 Å². The maximum atomic E-state index is 12.6. The second-order valence-electron chi connectivity index (χ2n) is 6.34. The first-order valence-corrected chi connectivity index (χ1v) is 10.2. The van der Waals surface area contributed by atoms with Crippen molar-refractivity contribution in [1.29, 1.82) is 0 Å². The van der Waals surface area contributed by atoms with Crippen LogP contribution < -0.4 is 10.0 Å². The monoisotopic (exact) mass is 399 g/mol. The molecule has 28 heavy (non-hydrogen) atoms. The van der Waals surface area contributed by atoms with Crippen LogP contribution in [0.1, 0.15) is 17.3 Å². The zero-order valence-electron chi connectivity index (χ0n) is 15.5. The van der Waals surface area contributed by atoms with E-state index < -0.39 is 10.0 Å². The summed E-state index contributed by atoms with van der Waals surface area (Å²) in [7, 11) is -2.15. The number of methoxy groups -OCH3 is 1. The van der Waals surface area contributed by atoms with E-state index in [9.17, 15) is 13.2 Å². The number of carbonyl (C=O) groups is 1. The van der Waals surface area contributed by atoms with E-state index in [0.717, 1.165) is 5.39 Å². The molecule has 0 aliphatic carbocycles. The molecular weight excluding hydrogens is 378 g/mol. The number of nitrogens with one attached hydrogen (secondary N) is 2. The first-order valence-electron chi connectivity index (χ1n) is 8.67. The molecule has 2 aromatic carbocycles. The molecule has 0 saturated carbocycles. The number of pyridine rings is 1. The van der Waals surface area contributed by atoms with Crippen molar-refractivity contribution < 1.29 is 17.9 Å². The Morgan fingerprint density at radius 3 is 2.54 bits per heavy atom. The molecule has 2 N–H and O–H groups in total. The smallest absolute Gasteiger partial charge is 0.257 e. The van der Waals surface area contributed by atoms with Gasteiger partial charge in [0, 0.05) is 30.4 Å². The largest absolute Gasteiger partial charge is 0.383 e. The van der Waals surface area contributed by atoms with Crippen molar-refractivity contribution in [3.8, 4) is 0 Å². The van der Waals surface area contributed by atoms with Crippen LogP contribution in [-0.2, 0) is 14.8 Å². The molecule has 3 rings (SSSR count). The molecule has 8 heteroatoms. The second-order valence-corrected chi connectivity index (χ2v) is 8.05. The van der Waals surface area contributed by atoms with E-state index >= 15 is 0 Å². The molecule has 1 aromatic heterocycles. The molecule has 1 heterocycles. The Kier molecular flexibility index (Phi) is 6.03. The van der Waals surface area contributed by atoms with Crippen LogP contribution in [0.15, 0.2) is 65.7 Å². The van der Waals surface area contributed by atoms with Crippen molar-refractivity contribution in [2.24, 2.45) is 0 Å². The van der Waals surface area contributed by atoms with Crippen molar-refractivity contribution in [3.05, 3.63) is 66.4 Å². The van der Waals surface area contributed by atoms with E-state index in [-0.39, 0.29) is 23.5 Å². The lowest BCUT2D eigenvalue weighted by Gasteiger charge is -2.13. The van der Waals surface area contributed by atoms with Gasteiger partial charge in [0.2, 0.25) is 10.0 Å². The summed E-state index contributed by atoms with van der Waals surface area (Å²) in [6, 6.07) is 14.7. The molecule has 0 unspecified atom stereocenters. The molecule has 7 nitrogen and oxygen atoms in total. The lowest BCUT2D eigenvalue weighted by Crippen LogP contribution is -2.35. The number of fused-ring (bicyclic) bond motifs is 1. The number of hydrogen-bond acceptors (Lipinski definition) is 5. The maximum Gasteiger partial charge on any atom is 0.257 e. The number of hydrogen-bond donors (Lipinski definition) is 2. The molecule has 0 aliphatic rings. The molecular formula is C20H21N3O4S. The fraction of sp³-hybridized carbons (Fsp3) is 0.200. The van der Waals surface area contributed by atoms with Gasteiger partial charge in [0.05, 0.1) is 22.6 Å². The van der Waals surface area contributed by atoms with Gasteiger partial charge in [-0.05, 0) is 43.3 Å². The Morgan fingerprint density at radius 2 is 1.82 bits per heavy atom. The van der Waals surface area contributed by atoms with E-state index in [1.165, 1.54) is 19.2 Å². The number of aromatic nitrogens is 1. The van der Waals surface area contributed by atoms with Crippen molar-refractivity contribution in [3.63, 3.8) is 0 Å². The Labute approximate surface area is 163 Å². The first-order chi connectivity index (χ1) is 13.4. The number of carbonyl (C=O) groups excluding carboxylic acids is 1. The van der Waals surface area contributed by atoms with Crippen molar-refractivity contribution in [2.75, 3.05) is 19.0 Å². The molecule has 0 bridgehead atoms. The summed E-state index contributed by atoms with van der Waals surface area (Å²) in [5, 5.41) is 3.64. The van der Waals surface area contributed by atoms with Crippen molar-refractivity contribution in [1.82, 2.24) is 9.71 Å². The molecule has 0 saturated heterocycles. The fourth-order valence-electron chi connectivity index (χ4n) is 2.82. The van der Waals surface area contributed by atoms with Gasteiger partial charge in [-0.15, -0.1) is 0 Å². The van der Waals surface area contributed by atoms with Crippen molar-refractivity contribution in [2.45, 2.75) is 17.9 Å². The van der Waals surface area contributed by atoms with Crippen LogP contribution in [0.4, 0.5) is 5.69 Å². The van der Waals surface area contributed by atoms with Gasteiger partial charge in [-0.3, -0.25) is 9.78 Å². The highest BCUT2D eigenvalue weighted by Crippen LogP contribution is 2.19. The average molecular weight is 399 g/mol. The van der Waals surface area contributed by atoms with Gasteiger partial charge in [0.25, 0.3) is 5.91 Å². The Balaban J connectivity index is 1.76. The van der Waals surface area contributed by atoms with Crippen LogP contribution in [0, 0.1) is 0 Å². The summed E-state index contributed by atoms with van der Waals surface area (Å²) < 4.78 is 32.2. The minimum absolute atomic E-state index is 0.111. The SMILES string of the molecule is COC[C@H](C)NS(=O)(=O)c1ccc(NC(=O)c2cccc3cccnc23)cc1. The van der Waals surface area contributed by atoms with Gasteiger partial charge in [-0.25, -0.2) is 13.1 Å². The molecule has 146 valence electrons. The maximum absolute atomic E-state index is 12.6. The number of nitrogens with zero attached hydrogens (tertiary/aromatic N) is 1. The molecule has 1 atom stereocenters. The molecule has 3 aromatic rings. The lowest BCUT2D eigenvalue weighted by atomic mass is 10.1. The normalized spacial score (nSPS) is 12.6. The molecule has 1 amide bonds. The molecule has 0 spiro atoms. The van der Waals surface area contributed by atoms with Crippen LogP contribution >= 0.6 is 0 Å².